The third-order valence-corrected chi connectivity index (χ3v) is 4.25. The lowest BCUT2D eigenvalue weighted by Gasteiger charge is -2.14. The number of aromatic amines is 1. The summed E-state index contributed by atoms with van der Waals surface area (Å²) in [6, 6.07) is 11.4. The number of guanidine groups is 1. The number of ether oxygens (including phenoxy) is 1. The van der Waals surface area contributed by atoms with Crippen LogP contribution in [0, 0.1) is 0 Å². The van der Waals surface area contributed by atoms with Gasteiger partial charge in [-0.15, -0.1) is 0 Å². The fourth-order valence-corrected chi connectivity index (χ4v) is 2.89. The van der Waals surface area contributed by atoms with E-state index in [-0.39, 0.29) is 12.4 Å². The summed E-state index contributed by atoms with van der Waals surface area (Å²) >= 11 is 0. The van der Waals surface area contributed by atoms with E-state index in [9.17, 15) is 13.2 Å². The van der Waals surface area contributed by atoms with Crippen molar-refractivity contribution in [1.29, 1.82) is 0 Å². The molecule has 0 amide bonds. The molecule has 9 heteroatoms. The van der Waals surface area contributed by atoms with Gasteiger partial charge in [-0.05, 0) is 24.1 Å². The van der Waals surface area contributed by atoms with Crippen LogP contribution in [0.3, 0.4) is 0 Å². The lowest BCUT2D eigenvalue weighted by atomic mass is 10.1. The third-order valence-electron chi connectivity index (χ3n) is 4.25. The van der Waals surface area contributed by atoms with Crippen LogP contribution >= 0.6 is 0 Å². The number of pyridine rings is 1. The number of hydrogen-bond acceptors (Lipinski definition) is 3. The molecule has 0 aliphatic rings. The highest BCUT2D eigenvalue weighted by atomic mass is 19.4. The van der Waals surface area contributed by atoms with Gasteiger partial charge in [-0.25, -0.2) is 4.98 Å². The van der Waals surface area contributed by atoms with E-state index < -0.39 is 12.8 Å². The molecule has 29 heavy (non-hydrogen) atoms. The first-order valence-electron chi connectivity index (χ1n) is 9.09. The number of nitrogens with zero attached hydrogens (tertiary/aromatic N) is 2. The molecule has 0 fully saturated rings. The van der Waals surface area contributed by atoms with Crippen LogP contribution in [0.5, 0.6) is 5.88 Å². The van der Waals surface area contributed by atoms with E-state index in [4.69, 9.17) is 4.74 Å². The lowest BCUT2D eigenvalue weighted by molar-refractivity contribution is -0.154. The molecule has 0 unspecified atom stereocenters. The lowest BCUT2D eigenvalue weighted by Crippen LogP contribution is -2.38. The number of rotatable bonds is 7. The molecule has 154 valence electrons. The van der Waals surface area contributed by atoms with Gasteiger partial charge >= 0.3 is 6.18 Å². The molecule has 0 radical (unpaired) electrons. The number of aliphatic imine (C=N–C) groups is 1. The largest absolute Gasteiger partial charge is 0.468 e. The van der Waals surface area contributed by atoms with Crippen molar-refractivity contribution in [3.63, 3.8) is 0 Å². The number of alkyl halides is 3. The molecule has 3 rings (SSSR count). The monoisotopic (exact) mass is 405 g/mol. The Hall–Kier alpha value is -3.23. The number of halogens is 3. The van der Waals surface area contributed by atoms with Gasteiger partial charge in [-0.1, -0.05) is 24.3 Å². The molecule has 2 aromatic heterocycles. The Kier molecular flexibility index (Phi) is 6.58. The fourth-order valence-electron chi connectivity index (χ4n) is 2.89. The van der Waals surface area contributed by atoms with Crippen LogP contribution in [-0.4, -0.2) is 42.3 Å². The van der Waals surface area contributed by atoms with Crippen molar-refractivity contribution in [3.05, 3.63) is 59.9 Å². The number of fused-ring (bicyclic) bond motifs is 1. The number of hydrogen-bond donors (Lipinski definition) is 3. The normalized spacial score (nSPS) is 12.2. The highest BCUT2D eigenvalue weighted by Crippen LogP contribution is 2.20. The molecule has 0 bridgehead atoms. The molecule has 0 saturated heterocycles. The Balaban J connectivity index is 1.52. The average molecular weight is 405 g/mol. The van der Waals surface area contributed by atoms with Gasteiger partial charge in [-0.2, -0.15) is 13.2 Å². The van der Waals surface area contributed by atoms with Gasteiger partial charge in [0.2, 0.25) is 5.88 Å². The summed E-state index contributed by atoms with van der Waals surface area (Å²) < 4.78 is 42.0. The van der Waals surface area contributed by atoms with Crippen LogP contribution in [0.2, 0.25) is 0 Å². The second-order valence-electron chi connectivity index (χ2n) is 6.33. The first kappa shape index (κ1) is 20.5. The average Bonchev–Trinajstić information content (AvgIpc) is 3.12. The van der Waals surface area contributed by atoms with Crippen molar-refractivity contribution in [2.24, 2.45) is 4.99 Å². The summed E-state index contributed by atoms with van der Waals surface area (Å²) in [5, 5.41) is 7.45. The quantitative estimate of drug-likeness (QED) is 0.416. The van der Waals surface area contributed by atoms with E-state index in [1.807, 2.05) is 24.4 Å². The zero-order chi connectivity index (χ0) is 20.7. The Morgan fingerprint density at radius 3 is 2.76 bits per heavy atom. The van der Waals surface area contributed by atoms with Crippen LogP contribution in [0.25, 0.3) is 10.9 Å². The summed E-state index contributed by atoms with van der Waals surface area (Å²) in [4.78, 5) is 11.3. The van der Waals surface area contributed by atoms with E-state index in [0.29, 0.717) is 18.1 Å². The molecule has 0 atom stereocenters. The highest BCUT2D eigenvalue weighted by molar-refractivity contribution is 5.83. The molecular formula is C20H22F3N5O. The third kappa shape index (κ3) is 5.87. The Morgan fingerprint density at radius 1 is 1.14 bits per heavy atom. The summed E-state index contributed by atoms with van der Waals surface area (Å²) in [5.74, 6) is 0.488. The summed E-state index contributed by atoms with van der Waals surface area (Å²) in [7, 11) is 1.63. The van der Waals surface area contributed by atoms with Gasteiger partial charge in [0, 0.05) is 49.0 Å². The maximum Gasteiger partial charge on any atom is 0.422 e. The zero-order valence-electron chi connectivity index (χ0n) is 15.9. The van der Waals surface area contributed by atoms with Crippen molar-refractivity contribution >= 4 is 16.9 Å². The van der Waals surface area contributed by atoms with Crippen LogP contribution in [0.4, 0.5) is 13.2 Å². The van der Waals surface area contributed by atoms with Gasteiger partial charge in [0.25, 0.3) is 0 Å². The van der Waals surface area contributed by atoms with Gasteiger partial charge in [0.1, 0.15) is 0 Å². The predicted molar refractivity (Wildman–Crippen MR) is 106 cm³/mol. The summed E-state index contributed by atoms with van der Waals surface area (Å²) in [5.41, 5.74) is 2.79. The van der Waals surface area contributed by atoms with Crippen molar-refractivity contribution in [3.8, 4) is 5.88 Å². The molecule has 6 nitrogen and oxygen atoms in total. The maximum absolute atomic E-state index is 12.4. The maximum atomic E-state index is 12.4. The van der Waals surface area contributed by atoms with Crippen molar-refractivity contribution in [2.45, 2.75) is 19.1 Å². The Labute approximate surface area is 166 Å². The van der Waals surface area contributed by atoms with E-state index in [1.54, 1.807) is 19.2 Å². The standard InChI is InChI=1S/C20H22F3N5O/c1-24-19(26-10-8-14-11-27-17-7-3-2-6-16(14)17)28-12-15-5-4-9-25-18(15)29-13-20(21,22)23/h2-7,9,11,27H,8,10,12-13H2,1H3,(H2,24,26,28). The van der Waals surface area contributed by atoms with E-state index in [1.165, 1.54) is 17.1 Å². The fraction of sp³-hybridized carbons (Fsp3) is 0.300. The first-order valence-corrected chi connectivity index (χ1v) is 9.09. The van der Waals surface area contributed by atoms with Crippen LogP contribution in [0.15, 0.2) is 53.8 Å². The van der Waals surface area contributed by atoms with Crippen LogP contribution in [-0.2, 0) is 13.0 Å². The topological polar surface area (TPSA) is 74.3 Å². The Bertz CT molecular complexity index is 968. The van der Waals surface area contributed by atoms with Gasteiger partial charge in [-0.3, -0.25) is 4.99 Å². The minimum absolute atomic E-state index is 0.0495. The molecule has 0 saturated carbocycles. The van der Waals surface area contributed by atoms with Crippen LogP contribution < -0.4 is 15.4 Å². The van der Waals surface area contributed by atoms with Gasteiger partial charge in [0.15, 0.2) is 12.6 Å². The summed E-state index contributed by atoms with van der Waals surface area (Å²) in [6.07, 6.45) is -0.244. The molecule has 0 spiro atoms. The van der Waals surface area contributed by atoms with Crippen molar-refractivity contribution < 1.29 is 17.9 Å². The highest BCUT2D eigenvalue weighted by Gasteiger charge is 2.29. The first-order chi connectivity index (χ1) is 14.0. The second-order valence-corrected chi connectivity index (χ2v) is 6.33. The molecule has 1 aromatic carbocycles. The van der Waals surface area contributed by atoms with Crippen molar-refractivity contribution in [1.82, 2.24) is 20.6 Å². The number of aromatic nitrogens is 2. The predicted octanol–water partition coefficient (Wildman–Crippen LogP) is 3.41. The molecule has 3 aromatic rings. The number of nitrogens with one attached hydrogen (secondary N) is 3. The minimum atomic E-state index is -4.41. The number of para-hydroxylation sites is 1. The molecule has 3 N–H and O–H groups in total. The van der Waals surface area contributed by atoms with E-state index in [2.05, 4.69) is 31.7 Å². The van der Waals surface area contributed by atoms with E-state index in [0.717, 1.165) is 11.9 Å². The minimum Gasteiger partial charge on any atom is -0.468 e. The van der Waals surface area contributed by atoms with E-state index >= 15 is 0 Å². The van der Waals surface area contributed by atoms with Gasteiger partial charge < -0.3 is 20.4 Å². The SMILES string of the molecule is CN=C(NCCc1c[nH]c2ccccc12)NCc1cccnc1OCC(F)(F)F. The zero-order valence-corrected chi connectivity index (χ0v) is 15.9. The number of benzene rings is 1. The smallest absolute Gasteiger partial charge is 0.422 e. The molecule has 2 heterocycles. The molecular weight excluding hydrogens is 383 g/mol. The summed E-state index contributed by atoms with van der Waals surface area (Å²) in [6.45, 7) is -0.506. The number of H-pyrrole nitrogens is 1. The second kappa shape index (κ2) is 9.31. The van der Waals surface area contributed by atoms with Crippen molar-refractivity contribution in [2.75, 3.05) is 20.2 Å². The Morgan fingerprint density at radius 2 is 1.97 bits per heavy atom. The van der Waals surface area contributed by atoms with Gasteiger partial charge in [0.05, 0.1) is 0 Å². The molecule has 0 aliphatic carbocycles. The van der Waals surface area contributed by atoms with Crippen LogP contribution in [0.1, 0.15) is 11.1 Å². The molecule has 0 aliphatic heterocycles.